The van der Waals surface area contributed by atoms with Gasteiger partial charge in [-0.25, -0.2) is 13.4 Å². The van der Waals surface area contributed by atoms with Crippen molar-refractivity contribution in [1.29, 1.82) is 0 Å². The third kappa shape index (κ3) is 3.56. The zero-order valence-corrected chi connectivity index (χ0v) is 10.2. The van der Waals surface area contributed by atoms with E-state index in [1.807, 2.05) is 0 Å². The lowest BCUT2D eigenvalue weighted by Gasteiger charge is -2.10. The van der Waals surface area contributed by atoms with E-state index in [2.05, 4.69) is 9.93 Å². The van der Waals surface area contributed by atoms with Crippen LogP contribution in [0.1, 0.15) is 6.42 Å². The summed E-state index contributed by atoms with van der Waals surface area (Å²) in [6.07, 6.45) is 3.58. The van der Waals surface area contributed by atoms with Crippen LogP contribution in [0.5, 0.6) is 0 Å². The number of hydrogen-bond acceptors (Lipinski definition) is 5. The monoisotopic (exact) mass is 247 g/mol. The quantitative estimate of drug-likeness (QED) is 0.628. The second kappa shape index (κ2) is 5.39. The third-order valence-corrected chi connectivity index (χ3v) is 3.25. The summed E-state index contributed by atoms with van der Waals surface area (Å²) in [6.45, 7) is 1.17. The molecule has 1 heterocycles. The fourth-order valence-corrected chi connectivity index (χ4v) is 2.18. The van der Waals surface area contributed by atoms with Gasteiger partial charge in [-0.3, -0.25) is 4.68 Å². The highest BCUT2D eigenvalue weighted by atomic mass is 32.2. The molecule has 8 heteroatoms. The zero-order valence-electron chi connectivity index (χ0n) is 9.42. The minimum Gasteiger partial charge on any atom is -0.330 e. The summed E-state index contributed by atoms with van der Waals surface area (Å²) < 4.78 is 25.0. The highest BCUT2D eigenvalue weighted by Gasteiger charge is 2.16. The smallest absolute Gasteiger partial charge is 0.256 e. The fraction of sp³-hybridized carbons (Fsp3) is 0.625. The van der Waals surface area contributed by atoms with E-state index >= 15 is 0 Å². The van der Waals surface area contributed by atoms with Crippen LogP contribution in [0.15, 0.2) is 17.3 Å². The molecule has 0 amide bonds. The Labute approximate surface area is 95.2 Å². The van der Waals surface area contributed by atoms with E-state index in [1.165, 1.54) is 17.4 Å². The Morgan fingerprint density at radius 2 is 2.25 bits per heavy atom. The van der Waals surface area contributed by atoms with Crippen LogP contribution in [-0.4, -0.2) is 43.8 Å². The normalized spacial score (nSPS) is 12.2. The Hall–Kier alpha value is -0.960. The predicted molar refractivity (Wildman–Crippen MR) is 59.9 cm³/mol. The highest BCUT2D eigenvalue weighted by Crippen LogP contribution is 2.06. The van der Waals surface area contributed by atoms with Crippen molar-refractivity contribution in [2.75, 3.05) is 20.6 Å². The molecule has 0 unspecified atom stereocenters. The summed E-state index contributed by atoms with van der Waals surface area (Å²) in [4.78, 5) is 2.48. The molecular weight excluding hydrogens is 230 g/mol. The lowest BCUT2D eigenvalue weighted by molar-refractivity contribution is 0.364. The Balaban J connectivity index is 2.77. The van der Waals surface area contributed by atoms with Crippen molar-refractivity contribution in [2.45, 2.75) is 17.9 Å². The molecule has 0 aliphatic rings. The summed E-state index contributed by atoms with van der Waals surface area (Å²) in [5.74, 6) is 0. The number of hydrogen-bond donors (Lipinski definition) is 2. The van der Waals surface area contributed by atoms with Gasteiger partial charge < -0.3 is 5.73 Å². The maximum Gasteiger partial charge on any atom is 0.256 e. The van der Waals surface area contributed by atoms with Gasteiger partial charge in [0.2, 0.25) is 0 Å². The summed E-state index contributed by atoms with van der Waals surface area (Å²) in [5.41, 5.74) is 5.36. The van der Waals surface area contributed by atoms with Gasteiger partial charge in [0.15, 0.2) is 0 Å². The van der Waals surface area contributed by atoms with E-state index in [0.717, 1.165) is 6.42 Å². The van der Waals surface area contributed by atoms with Gasteiger partial charge in [-0.1, -0.05) is 0 Å². The van der Waals surface area contributed by atoms with Crippen molar-refractivity contribution in [1.82, 2.24) is 19.6 Å². The first-order valence-electron chi connectivity index (χ1n) is 4.88. The first kappa shape index (κ1) is 13.1. The maximum atomic E-state index is 11.7. The van der Waals surface area contributed by atoms with E-state index in [0.29, 0.717) is 13.1 Å². The molecule has 1 rings (SSSR count). The van der Waals surface area contributed by atoms with Crippen molar-refractivity contribution in [3.05, 3.63) is 12.4 Å². The van der Waals surface area contributed by atoms with Crippen LogP contribution in [0, 0.1) is 0 Å². The molecule has 92 valence electrons. The molecule has 0 saturated heterocycles. The van der Waals surface area contributed by atoms with Crippen LogP contribution in [-0.2, 0) is 16.6 Å². The molecule has 0 aliphatic carbocycles. The topological polar surface area (TPSA) is 93.2 Å². The zero-order chi connectivity index (χ0) is 12.2. The molecule has 1 aromatic rings. The second-order valence-corrected chi connectivity index (χ2v) is 5.23. The van der Waals surface area contributed by atoms with Gasteiger partial charge in [0, 0.05) is 26.8 Å². The Kier molecular flexibility index (Phi) is 4.42. The van der Waals surface area contributed by atoms with Crippen molar-refractivity contribution < 1.29 is 8.42 Å². The molecule has 1 aromatic heterocycles. The van der Waals surface area contributed by atoms with Gasteiger partial charge in [0.1, 0.15) is 4.90 Å². The fourth-order valence-electron chi connectivity index (χ4n) is 1.15. The lowest BCUT2D eigenvalue weighted by Crippen LogP contribution is -2.35. The molecule has 0 spiro atoms. The van der Waals surface area contributed by atoms with Gasteiger partial charge in [-0.15, -0.1) is 4.83 Å². The highest BCUT2D eigenvalue weighted by molar-refractivity contribution is 7.89. The average Bonchev–Trinajstić information content (AvgIpc) is 2.61. The van der Waals surface area contributed by atoms with Crippen LogP contribution in [0.25, 0.3) is 0 Å². The van der Waals surface area contributed by atoms with Crippen molar-refractivity contribution in [3.63, 3.8) is 0 Å². The average molecular weight is 247 g/mol. The molecular formula is C8H17N5O2S. The lowest BCUT2D eigenvalue weighted by atomic mass is 10.4. The molecule has 0 aliphatic heterocycles. The molecule has 7 nitrogen and oxygen atoms in total. The number of nitrogens with one attached hydrogen (secondary N) is 1. The Bertz CT molecular complexity index is 425. The Morgan fingerprint density at radius 1 is 1.56 bits per heavy atom. The summed E-state index contributed by atoms with van der Waals surface area (Å²) >= 11 is 0. The molecule has 0 aromatic carbocycles. The Morgan fingerprint density at radius 3 is 2.81 bits per heavy atom. The number of hydrazine groups is 1. The number of aromatic nitrogens is 2. The van der Waals surface area contributed by atoms with Crippen LogP contribution < -0.4 is 10.6 Å². The van der Waals surface area contributed by atoms with Crippen molar-refractivity contribution in [3.8, 4) is 0 Å². The minimum atomic E-state index is -3.50. The number of sulfonamides is 1. The SMILES string of the molecule is CN(C)NS(=O)(=O)c1cnn(CCCN)c1. The first-order valence-corrected chi connectivity index (χ1v) is 6.36. The van der Waals surface area contributed by atoms with Gasteiger partial charge >= 0.3 is 0 Å². The van der Waals surface area contributed by atoms with E-state index in [9.17, 15) is 8.42 Å². The summed E-state index contributed by atoms with van der Waals surface area (Å²) in [7, 11) is -0.287. The minimum absolute atomic E-state index is 0.151. The van der Waals surface area contributed by atoms with Gasteiger partial charge in [0.05, 0.1) is 6.20 Å². The number of aryl methyl sites for hydroxylation is 1. The van der Waals surface area contributed by atoms with Crippen LogP contribution >= 0.6 is 0 Å². The number of rotatable bonds is 6. The van der Waals surface area contributed by atoms with Crippen LogP contribution in [0.4, 0.5) is 0 Å². The van der Waals surface area contributed by atoms with Gasteiger partial charge in [-0.2, -0.15) is 5.10 Å². The molecule has 3 N–H and O–H groups in total. The standard InChI is InChI=1S/C8H17N5O2S/c1-12(2)11-16(14,15)8-6-10-13(7-8)5-3-4-9/h6-7,11H,3-5,9H2,1-2H3. The van der Waals surface area contributed by atoms with Gasteiger partial charge in [0.25, 0.3) is 10.0 Å². The van der Waals surface area contributed by atoms with E-state index in [4.69, 9.17) is 5.73 Å². The van der Waals surface area contributed by atoms with E-state index < -0.39 is 10.0 Å². The molecule has 0 bridgehead atoms. The molecule has 0 fully saturated rings. The van der Waals surface area contributed by atoms with Crippen molar-refractivity contribution >= 4 is 10.0 Å². The number of nitrogens with two attached hydrogens (primary N) is 1. The van der Waals surface area contributed by atoms with Crippen LogP contribution in [0.2, 0.25) is 0 Å². The third-order valence-electron chi connectivity index (χ3n) is 1.81. The van der Waals surface area contributed by atoms with E-state index in [-0.39, 0.29) is 4.90 Å². The molecule has 16 heavy (non-hydrogen) atoms. The summed E-state index contributed by atoms with van der Waals surface area (Å²) in [6, 6.07) is 0. The molecule has 0 saturated carbocycles. The first-order chi connectivity index (χ1) is 7.45. The van der Waals surface area contributed by atoms with E-state index in [1.54, 1.807) is 18.8 Å². The number of nitrogens with zero attached hydrogens (tertiary/aromatic N) is 3. The largest absolute Gasteiger partial charge is 0.330 e. The molecule has 0 radical (unpaired) electrons. The maximum absolute atomic E-state index is 11.7. The summed E-state index contributed by atoms with van der Waals surface area (Å²) in [5, 5.41) is 5.32. The van der Waals surface area contributed by atoms with Crippen molar-refractivity contribution in [2.24, 2.45) is 5.73 Å². The second-order valence-electron chi connectivity index (χ2n) is 3.57. The van der Waals surface area contributed by atoms with Crippen LogP contribution in [0.3, 0.4) is 0 Å². The molecule has 0 atom stereocenters. The predicted octanol–water partition coefficient (Wildman–Crippen LogP) is -1.01. The van der Waals surface area contributed by atoms with Gasteiger partial charge in [-0.05, 0) is 13.0 Å².